The van der Waals surface area contributed by atoms with Crippen molar-refractivity contribution < 1.29 is 4.79 Å². The van der Waals surface area contributed by atoms with E-state index < -0.39 is 0 Å². The average Bonchev–Trinajstić information content (AvgIpc) is 2.92. The maximum absolute atomic E-state index is 11.4. The molecule has 5 nitrogen and oxygen atoms in total. The lowest BCUT2D eigenvalue weighted by atomic mass is 10.1. The third-order valence-corrected chi connectivity index (χ3v) is 4.40. The lowest BCUT2D eigenvalue weighted by molar-refractivity contribution is 0.0957. The van der Waals surface area contributed by atoms with E-state index in [1.807, 2.05) is 6.07 Å². The van der Waals surface area contributed by atoms with Gasteiger partial charge >= 0.3 is 0 Å². The van der Waals surface area contributed by atoms with Crippen LogP contribution in [0.15, 0.2) is 34.8 Å². The van der Waals surface area contributed by atoms with E-state index in [0.29, 0.717) is 11.5 Å². The molecule has 2 N–H and O–H groups in total. The number of rotatable bonds is 3. The van der Waals surface area contributed by atoms with E-state index >= 15 is 0 Å². The first kappa shape index (κ1) is 14.0. The molecule has 6 heteroatoms. The zero-order valence-electron chi connectivity index (χ0n) is 11.6. The molecular formula is C15H15BrN4O. The summed E-state index contributed by atoms with van der Waals surface area (Å²) in [5, 5.41) is 13.9. The number of fused-ring (bicyclic) bond motifs is 1. The molecule has 0 spiro atoms. The van der Waals surface area contributed by atoms with Gasteiger partial charge in [0.15, 0.2) is 5.69 Å². The fourth-order valence-corrected chi connectivity index (χ4v) is 3.18. The van der Waals surface area contributed by atoms with Crippen molar-refractivity contribution in [2.24, 2.45) is 0 Å². The van der Waals surface area contributed by atoms with E-state index in [1.165, 1.54) is 11.1 Å². The summed E-state index contributed by atoms with van der Waals surface area (Å²) < 4.78 is 1.16. The van der Waals surface area contributed by atoms with Crippen LogP contribution in [0.3, 0.4) is 0 Å². The molecule has 3 rings (SSSR count). The van der Waals surface area contributed by atoms with Gasteiger partial charge in [-0.2, -0.15) is 0 Å². The first-order chi connectivity index (χ1) is 10.2. The monoisotopic (exact) mass is 346 g/mol. The second-order valence-corrected chi connectivity index (χ2v) is 5.78. The Labute approximate surface area is 131 Å². The molecule has 0 saturated carbocycles. The Kier molecular flexibility index (Phi) is 3.88. The zero-order chi connectivity index (χ0) is 14.8. The maximum atomic E-state index is 11.4. The van der Waals surface area contributed by atoms with Crippen molar-refractivity contribution in [2.45, 2.75) is 18.9 Å². The van der Waals surface area contributed by atoms with E-state index in [1.54, 1.807) is 19.2 Å². The van der Waals surface area contributed by atoms with Crippen LogP contribution in [0.25, 0.3) is 0 Å². The molecule has 1 aromatic carbocycles. The number of carbonyl (C=O) groups excluding carboxylic acids is 1. The Balaban J connectivity index is 1.77. The first-order valence-corrected chi connectivity index (χ1v) is 7.58. The van der Waals surface area contributed by atoms with E-state index in [2.05, 4.69) is 48.9 Å². The Morgan fingerprint density at radius 1 is 1.29 bits per heavy atom. The van der Waals surface area contributed by atoms with Crippen LogP contribution in [0.4, 0.5) is 5.82 Å². The molecule has 1 heterocycles. The largest absolute Gasteiger partial charge is 0.362 e. The van der Waals surface area contributed by atoms with Gasteiger partial charge in [0.1, 0.15) is 5.82 Å². The van der Waals surface area contributed by atoms with Crippen LogP contribution in [0.2, 0.25) is 0 Å². The molecule has 2 aromatic rings. The van der Waals surface area contributed by atoms with Gasteiger partial charge in [-0.25, -0.2) is 0 Å². The predicted octanol–water partition coefficient (Wildman–Crippen LogP) is 2.70. The van der Waals surface area contributed by atoms with Crippen LogP contribution in [-0.2, 0) is 6.42 Å². The number of halogens is 1. The Morgan fingerprint density at radius 2 is 2.14 bits per heavy atom. The lowest BCUT2D eigenvalue weighted by Crippen LogP contribution is -2.20. The molecule has 0 saturated heterocycles. The topological polar surface area (TPSA) is 66.9 Å². The van der Waals surface area contributed by atoms with Gasteiger partial charge in [0, 0.05) is 11.5 Å². The smallest absolute Gasteiger partial charge is 0.271 e. The van der Waals surface area contributed by atoms with Crippen molar-refractivity contribution in [2.75, 3.05) is 12.4 Å². The van der Waals surface area contributed by atoms with E-state index in [9.17, 15) is 4.79 Å². The Hall–Kier alpha value is -1.95. The highest BCUT2D eigenvalue weighted by atomic mass is 79.9. The summed E-state index contributed by atoms with van der Waals surface area (Å²) in [5.41, 5.74) is 2.96. The maximum Gasteiger partial charge on any atom is 0.271 e. The van der Waals surface area contributed by atoms with Crippen molar-refractivity contribution in [3.05, 3.63) is 51.6 Å². The quantitative estimate of drug-likeness (QED) is 0.896. The number of nitrogens with zero attached hydrogens (tertiary/aromatic N) is 2. The summed E-state index contributed by atoms with van der Waals surface area (Å²) in [6, 6.07) is 9.94. The summed E-state index contributed by atoms with van der Waals surface area (Å²) in [6.45, 7) is 0. The minimum absolute atomic E-state index is 0.232. The number of amides is 1. The fourth-order valence-electron chi connectivity index (χ4n) is 2.60. The molecule has 0 bridgehead atoms. The molecule has 1 aliphatic carbocycles. The van der Waals surface area contributed by atoms with Gasteiger partial charge in [0.05, 0.1) is 6.04 Å². The molecule has 1 aliphatic rings. The van der Waals surface area contributed by atoms with Gasteiger partial charge in [-0.1, -0.05) is 28.1 Å². The highest BCUT2D eigenvalue weighted by Crippen LogP contribution is 2.37. The number of benzene rings is 1. The van der Waals surface area contributed by atoms with Crippen molar-refractivity contribution in [1.82, 2.24) is 15.5 Å². The average molecular weight is 347 g/mol. The zero-order valence-corrected chi connectivity index (χ0v) is 13.1. The van der Waals surface area contributed by atoms with Gasteiger partial charge in [-0.3, -0.25) is 4.79 Å². The van der Waals surface area contributed by atoms with Crippen LogP contribution in [-0.4, -0.2) is 23.2 Å². The van der Waals surface area contributed by atoms with Crippen LogP contribution in [0, 0.1) is 0 Å². The molecule has 21 heavy (non-hydrogen) atoms. The van der Waals surface area contributed by atoms with Crippen LogP contribution >= 0.6 is 15.9 Å². The molecular weight excluding hydrogens is 332 g/mol. The summed E-state index contributed by atoms with van der Waals surface area (Å²) in [4.78, 5) is 11.4. The minimum atomic E-state index is -0.232. The van der Waals surface area contributed by atoms with Crippen LogP contribution in [0.1, 0.15) is 34.1 Å². The van der Waals surface area contributed by atoms with Gasteiger partial charge in [-0.05, 0) is 42.2 Å². The van der Waals surface area contributed by atoms with Crippen molar-refractivity contribution >= 4 is 27.7 Å². The van der Waals surface area contributed by atoms with E-state index in [-0.39, 0.29) is 11.9 Å². The van der Waals surface area contributed by atoms with E-state index in [4.69, 9.17) is 0 Å². The normalized spacial score (nSPS) is 16.4. The molecule has 1 aromatic heterocycles. The number of anilines is 1. The summed E-state index contributed by atoms with van der Waals surface area (Å²) >= 11 is 3.59. The molecule has 0 aliphatic heterocycles. The van der Waals surface area contributed by atoms with Crippen LogP contribution in [0.5, 0.6) is 0 Å². The number of nitrogens with one attached hydrogen (secondary N) is 2. The Morgan fingerprint density at radius 3 is 2.86 bits per heavy atom. The highest BCUT2D eigenvalue weighted by molar-refractivity contribution is 9.10. The number of hydrogen-bond donors (Lipinski definition) is 2. The SMILES string of the molecule is CNC(=O)c1ccc(NC2CCc3c(Br)cccc32)nn1. The summed E-state index contributed by atoms with van der Waals surface area (Å²) in [7, 11) is 1.57. The van der Waals surface area contributed by atoms with Gasteiger partial charge in [0.2, 0.25) is 0 Å². The third-order valence-electron chi connectivity index (χ3n) is 3.66. The second-order valence-electron chi connectivity index (χ2n) is 4.93. The van der Waals surface area contributed by atoms with Crippen molar-refractivity contribution in [3.8, 4) is 0 Å². The first-order valence-electron chi connectivity index (χ1n) is 6.78. The number of hydrogen-bond acceptors (Lipinski definition) is 4. The number of carbonyl (C=O) groups is 1. The molecule has 1 amide bonds. The second kappa shape index (κ2) is 5.81. The third kappa shape index (κ3) is 2.76. The standard InChI is InChI=1S/C15H15BrN4O/c1-17-15(21)13-7-8-14(20-19-13)18-12-6-5-9-10(12)3-2-4-11(9)16/h2-4,7-8,12H,5-6H2,1H3,(H,17,21)(H,18,20). The van der Waals surface area contributed by atoms with Crippen molar-refractivity contribution in [1.29, 1.82) is 0 Å². The minimum Gasteiger partial charge on any atom is -0.362 e. The predicted molar refractivity (Wildman–Crippen MR) is 84.2 cm³/mol. The highest BCUT2D eigenvalue weighted by Gasteiger charge is 2.24. The van der Waals surface area contributed by atoms with Gasteiger partial charge < -0.3 is 10.6 Å². The molecule has 108 valence electrons. The van der Waals surface area contributed by atoms with Crippen molar-refractivity contribution in [3.63, 3.8) is 0 Å². The summed E-state index contributed by atoms with van der Waals surface area (Å²) in [6.07, 6.45) is 2.06. The lowest BCUT2D eigenvalue weighted by Gasteiger charge is -2.14. The molecule has 1 atom stereocenters. The Bertz CT molecular complexity index is 672. The van der Waals surface area contributed by atoms with Crippen LogP contribution < -0.4 is 10.6 Å². The van der Waals surface area contributed by atoms with Gasteiger partial charge in [0.25, 0.3) is 5.91 Å². The molecule has 0 fully saturated rings. The summed E-state index contributed by atoms with van der Waals surface area (Å²) in [5.74, 6) is 0.449. The fraction of sp³-hybridized carbons (Fsp3) is 0.267. The van der Waals surface area contributed by atoms with E-state index in [0.717, 1.165) is 17.3 Å². The number of aromatic nitrogens is 2. The molecule has 1 unspecified atom stereocenters. The van der Waals surface area contributed by atoms with Gasteiger partial charge in [-0.15, -0.1) is 10.2 Å². The molecule has 0 radical (unpaired) electrons.